The van der Waals surface area contributed by atoms with Gasteiger partial charge < -0.3 is 34.7 Å². The zero-order valence-electron chi connectivity index (χ0n) is 24.5. The molecule has 3 aromatic carbocycles. The lowest BCUT2D eigenvalue weighted by Crippen LogP contribution is -2.45. The average molecular weight is 722 g/mol. The first-order valence-electron chi connectivity index (χ1n) is 13.7. The van der Waals surface area contributed by atoms with E-state index in [-0.39, 0.29) is 18.8 Å². The van der Waals surface area contributed by atoms with Crippen LogP contribution < -0.4 is 30.3 Å². The van der Waals surface area contributed by atoms with Crippen LogP contribution >= 0.6 is 39.1 Å². The van der Waals surface area contributed by atoms with E-state index in [1.807, 2.05) is 18.2 Å². The maximum atomic E-state index is 12.5. The van der Waals surface area contributed by atoms with E-state index < -0.39 is 24.3 Å². The molecule has 1 aliphatic rings. The van der Waals surface area contributed by atoms with Gasteiger partial charge in [0.2, 0.25) is 0 Å². The molecule has 0 saturated heterocycles. The van der Waals surface area contributed by atoms with Crippen molar-refractivity contribution in [1.29, 1.82) is 0 Å². The number of halogens is 3. The van der Waals surface area contributed by atoms with Gasteiger partial charge in [0, 0.05) is 21.3 Å². The number of aliphatic hydroxyl groups is 1. The maximum absolute atomic E-state index is 12.5. The molecule has 45 heavy (non-hydrogen) atoms. The van der Waals surface area contributed by atoms with E-state index in [0.29, 0.717) is 55.2 Å². The summed E-state index contributed by atoms with van der Waals surface area (Å²) in [5.74, 6) is 0.609. The van der Waals surface area contributed by atoms with Crippen LogP contribution in [0.5, 0.6) is 17.2 Å². The number of hydrogen-bond donors (Lipinski definition) is 4. The van der Waals surface area contributed by atoms with Gasteiger partial charge in [-0.3, -0.25) is 5.43 Å². The summed E-state index contributed by atoms with van der Waals surface area (Å²) < 4.78 is 23.1. The molecule has 238 valence electrons. The Bertz CT molecular complexity index is 1620. The van der Waals surface area contributed by atoms with Crippen LogP contribution in [0, 0.1) is 0 Å². The Hall–Kier alpha value is -3.97. The second-order valence-electron chi connectivity index (χ2n) is 9.64. The number of amides is 2. The third kappa shape index (κ3) is 9.04. The molecular formula is C31H31BrCl2N4O7. The highest BCUT2D eigenvalue weighted by Crippen LogP contribution is 2.35. The Balaban J connectivity index is 1.43. The van der Waals surface area contributed by atoms with Crippen molar-refractivity contribution in [3.05, 3.63) is 97.1 Å². The molecular weight excluding hydrogens is 691 g/mol. The van der Waals surface area contributed by atoms with Crippen molar-refractivity contribution >= 4 is 57.3 Å². The largest absolute Gasteiger partial charge is 0.490 e. The van der Waals surface area contributed by atoms with Crippen LogP contribution in [-0.2, 0) is 16.1 Å². The van der Waals surface area contributed by atoms with E-state index in [4.69, 9.17) is 42.1 Å². The molecule has 0 aromatic heterocycles. The van der Waals surface area contributed by atoms with Crippen molar-refractivity contribution < 1.29 is 33.6 Å². The molecule has 0 saturated carbocycles. The van der Waals surface area contributed by atoms with Crippen LogP contribution in [0.2, 0.25) is 10.0 Å². The lowest BCUT2D eigenvalue weighted by Gasteiger charge is -2.28. The second kappa shape index (κ2) is 15.8. The van der Waals surface area contributed by atoms with Crippen LogP contribution in [0.15, 0.2) is 75.4 Å². The number of methoxy groups -OCH3 is 1. The lowest BCUT2D eigenvalue weighted by molar-refractivity contribution is -0.136. The van der Waals surface area contributed by atoms with Crippen molar-refractivity contribution in [2.24, 2.45) is 5.10 Å². The van der Waals surface area contributed by atoms with Crippen molar-refractivity contribution in [2.75, 3.05) is 20.3 Å². The number of nitrogens with zero attached hydrogens (tertiary/aromatic N) is 1. The summed E-state index contributed by atoms with van der Waals surface area (Å²) in [7, 11) is 1.27. The zero-order valence-corrected chi connectivity index (χ0v) is 27.6. The number of urea groups is 1. The molecule has 2 amide bonds. The summed E-state index contributed by atoms with van der Waals surface area (Å²) in [5.41, 5.74) is 5.27. The first kappa shape index (κ1) is 33.9. The highest BCUT2D eigenvalue weighted by atomic mass is 79.9. The van der Waals surface area contributed by atoms with Crippen LogP contribution in [-0.4, -0.2) is 49.9 Å². The van der Waals surface area contributed by atoms with Crippen molar-refractivity contribution in [3.63, 3.8) is 0 Å². The third-order valence-corrected chi connectivity index (χ3v) is 7.45. The fourth-order valence-electron chi connectivity index (χ4n) is 4.43. The summed E-state index contributed by atoms with van der Waals surface area (Å²) in [5, 5.41) is 21.0. The Morgan fingerprint density at radius 2 is 1.91 bits per heavy atom. The third-order valence-electron chi connectivity index (χ3n) is 6.41. The first-order valence-corrected chi connectivity index (χ1v) is 15.2. The highest BCUT2D eigenvalue weighted by Gasteiger charge is 2.32. The number of hydrogen-bond acceptors (Lipinski definition) is 9. The minimum absolute atomic E-state index is 0.190. The SMILES string of the molecule is CCOc1cc([C@H]2NC(=O)NC(C)=C2C(=O)OC)ccc1OC[C@H](O)N/N=C/c1cc(Cl)cc(Br)c1OCc1cccc(Cl)c1. The molecule has 3 aromatic rings. The molecule has 4 rings (SSSR count). The van der Waals surface area contributed by atoms with E-state index in [0.717, 1.165) is 5.56 Å². The smallest absolute Gasteiger partial charge is 0.337 e. The van der Waals surface area contributed by atoms with Crippen LogP contribution in [0.4, 0.5) is 4.79 Å². The fourth-order valence-corrected chi connectivity index (χ4v) is 5.59. The van der Waals surface area contributed by atoms with Gasteiger partial charge in [0.05, 0.1) is 36.0 Å². The number of allylic oxidation sites excluding steroid dienone is 1. The normalized spacial score (nSPS) is 15.3. The molecule has 0 unspecified atom stereocenters. The molecule has 11 nitrogen and oxygen atoms in total. The van der Waals surface area contributed by atoms with E-state index in [1.165, 1.54) is 13.3 Å². The number of esters is 1. The number of rotatable bonds is 13. The zero-order chi connectivity index (χ0) is 32.5. The Morgan fingerprint density at radius 3 is 2.64 bits per heavy atom. The summed E-state index contributed by atoms with van der Waals surface area (Å²) in [6.07, 6.45) is 0.268. The van der Waals surface area contributed by atoms with Gasteiger partial charge in [-0.1, -0.05) is 41.4 Å². The number of ether oxygens (including phenoxy) is 4. The average Bonchev–Trinajstić information content (AvgIpc) is 2.99. The van der Waals surface area contributed by atoms with Crippen LogP contribution in [0.3, 0.4) is 0 Å². The van der Waals surface area contributed by atoms with E-state index in [2.05, 4.69) is 37.1 Å². The van der Waals surface area contributed by atoms with Gasteiger partial charge >= 0.3 is 12.0 Å². The molecule has 0 radical (unpaired) electrons. The van der Waals surface area contributed by atoms with Gasteiger partial charge in [0.15, 0.2) is 17.7 Å². The summed E-state index contributed by atoms with van der Waals surface area (Å²) >= 11 is 15.8. The summed E-state index contributed by atoms with van der Waals surface area (Å²) in [4.78, 5) is 24.6. The number of carbonyl (C=O) groups is 2. The Labute approximate surface area is 278 Å². The molecule has 14 heteroatoms. The first-order chi connectivity index (χ1) is 21.6. The molecule has 1 heterocycles. The second-order valence-corrected chi connectivity index (χ2v) is 11.4. The Kier molecular flexibility index (Phi) is 11.9. The molecule has 1 aliphatic heterocycles. The van der Waals surface area contributed by atoms with Crippen LogP contribution in [0.1, 0.15) is 36.6 Å². The van der Waals surface area contributed by atoms with Gasteiger partial charge in [-0.25, -0.2) is 9.59 Å². The molecule has 0 fully saturated rings. The minimum Gasteiger partial charge on any atom is -0.490 e. The van der Waals surface area contributed by atoms with Crippen molar-refractivity contribution in [1.82, 2.24) is 16.1 Å². The predicted octanol–water partition coefficient (Wildman–Crippen LogP) is 5.86. The van der Waals surface area contributed by atoms with E-state index in [9.17, 15) is 14.7 Å². The topological polar surface area (TPSA) is 140 Å². The standard InChI is InChI=1S/C31H31BrCl2N4O7/c1-4-43-25-12-19(28-27(30(40)42-3)17(2)36-31(41)37-28)8-9-24(25)44-16-26(39)38-35-14-20-11-22(34)13-23(32)29(20)45-15-18-6-5-7-21(33)10-18/h5-14,26,28,38-39H,4,15-16H2,1-3H3,(H2,36,37,41)/b35-14+/t26-,28+/m0/s1. The van der Waals surface area contributed by atoms with E-state index >= 15 is 0 Å². The quantitative estimate of drug-likeness (QED) is 0.0746. The van der Waals surface area contributed by atoms with Gasteiger partial charge in [-0.15, -0.1) is 0 Å². The number of hydrazone groups is 1. The molecule has 2 atom stereocenters. The predicted molar refractivity (Wildman–Crippen MR) is 174 cm³/mol. The maximum Gasteiger partial charge on any atom is 0.337 e. The van der Waals surface area contributed by atoms with Gasteiger partial charge in [0.1, 0.15) is 19.0 Å². The van der Waals surface area contributed by atoms with Crippen LogP contribution in [0.25, 0.3) is 0 Å². The van der Waals surface area contributed by atoms with E-state index in [1.54, 1.807) is 50.2 Å². The number of benzene rings is 3. The summed E-state index contributed by atoms with van der Waals surface area (Å²) in [6.45, 7) is 3.81. The van der Waals surface area contributed by atoms with Crippen molar-refractivity contribution in [3.8, 4) is 17.2 Å². The van der Waals surface area contributed by atoms with Gasteiger partial charge in [0.25, 0.3) is 0 Å². The number of aliphatic hydroxyl groups excluding tert-OH is 1. The number of carbonyl (C=O) groups excluding carboxylic acids is 2. The lowest BCUT2D eigenvalue weighted by atomic mass is 9.95. The highest BCUT2D eigenvalue weighted by molar-refractivity contribution is 9.10. The number of nitrogens with one attached hydrogen (secondary N) is 3. The van der Waals surface area contributed by atoms with Gasteiger partial charge in [-0.05, 0) is 77.3 Å². The molecule has 0 aliphatic carbocycles. The monoisotopic (exact) mass is 720 g/mol. The minimum atomic E-state index is -1.20. The molecule has 0 bridgehead atoms. The fraction of sp³-hybridized carbons (Fsp3) is 0.258. The molecule has 4 N–H and O–H groups in total. The van der Waals surface area contributed by atoms with Crippen molar-refractivity contribution in [2.45, 2.75) is 32.7 Å². The molecule has 0 spiro atoms. The summed E-state index contributed by atoms with van der Waals surface area (Å²) in [6, 6.07) is 14.5. The Morgan fingerprint density at radius 1 is 1.11 bits per heavy atom. The van der Waals surface area contributed by atoms with Gasteiger partial charge in [-0.2, -0.15) is 5.10 Å².